The van der Waals surface area contributed by atoms with Gasteiger partial charge < -0.3 is 10.1 Å². The van der Waals surface area contributed by atoms with Crippen molar-refractivity contribution in [2.75, 3.05) is 0 Å². The van der Waals surface area contributed by atoms with Crippen molar-refractivity contribution >= 4 is 21.8 Å². The van der Waals surface area contributed by atoms with E-state index in [0.717, 1.165) is 12.8 Å². The van der Waals surface area contributed by atoms with Gasteiger partial charge in [-0.3, -0.25) is 10.1 Å². The number of benzene rings is 1. The van der Waals surface area contributed by atoms with Crippen molar-refractivity contribution in [2.45, 2.75) is 76.0 Å². The van der Waals surface area contributed by atoms with E-state index >= 15 is 0 Å². The van der Waals surface area contributed by atoms with E-state index in [1.54, 1.807) is 27.7 Å². The number of hydrogen-bond donors (Lipinski definition) is 2. The Morgan fingerprint density at radius 3 is 2.34 bits per heavy atom. The summed E-state index contributed by atoms with van der Waals surface area (Å²) in [5.74, 6) is 0.0734. The third kappa shape index (κ3) is 6.67. The van der Waals surface area contributed by atoms with Gasteiger partial charge in [0.2, 0.25) is 10.0 Å². The first kappa shape index (κ1) is 23.1. The normalized spacial score (nSPS) is 21.2. The number of carbonyl (C=O) groups is 1. The van der Waals surface area contributed by atoms with Crippen molar-refractivity contribution in [1.29, 1.82) is 0 Å². The Morgan fingerprint density at radius 1 is 1.21 bits per heavy atom. The van der Waals surface area contributed by atoms with Gasteiger partial charge in [-0.1, -0.05) is 12.1 Å². The van der Waals surface area contributed by atoms with Crippen LogP contribution < -0.4 is 10.0 Å². The summed E-state index contributed by atoms with van der Waals surface area (Å²) in [7, 11) is -4.02. The second-order valence-corrected chi connectivity index (χ2v) is 10.1. The predicted octanol–water partition coefficient (Wildman–Crippen LogP) is 3.35. The van der Waals surface area contributed by atoms with Crippen LogP contribution in [-0.2, 0) is 14.8 Å². The summed E-state index contributed by atoms with van der Waals surface area (Å²) >= 11 is 0. The standard InChI is InChI=1S/C19H29N3O6S/c1-13(21-29(26,27)17-8-6-5-7-16(17)22(24)25)14-9-11-15(12-10-14)20-18(23)28-19(2,3)4/h5-8,13-15,21H,9-12H2,1-4H3,(H,20,23)/t13-,14?,15?/m0/s1. The summed E-state index contributed by atoms with van der Waals surface area (Å²) in [5.41, 5.74) is -1.01. The Kier molecular flexibility index (Phi) is 7.23. The van der Waals surface area contributed by atoms with Crippen LogP contribution in [0.15, 0.2) is 29.2 Å². The van der Waals surface area contributed by atoms with Crippen LogP contribution >= 0.6 is 0 Å². The maximum absolute atomic E-state index is 12.7. The molecule has 0 saturated heterocycles. The number of alkyl carbamates (subject to hydrolysis) is 1. The molecule has 0 aromatic heterocycles. The minimum Gasteiger partial charge on any atom is -0.444 e. The number of rotatable bonds is 6. The lowest BCUT2D eigenvalue weighted by atomic mass is 9.82. The predicted molar refractivity (Wildman–Crippen MR) is 108 cm³/mol. The molecule has 1 saturated carbocycles. The number of hydrogen-bond acceptors (Lipinski definition) is 6. The molecule has 29 heavy (non-hydrogen) atoms. The molecule has 1 aliphatic rings. The largest absolute Gasteiger partial charge is 0.444 e. The number of nitrogens with zero attached hydrogens (tertiary/aromatic N) is 1. The average molecular weight is 428 g/mol. The fourth-order valence-corrected chi connectivity index (χ4v) is 4.96. The lowest BCUT2D eigenvalue weighted by Gasteiger charge is -2.33. The van der Waals surface area contributed by atoms with Crippen LogP contribution in [0.5, 0.6) is 0 Å². The van der Waals surface area contributed by atoms with E-state index in [2.05, 4.69) is 10.0 Å². The molecule has 2 N–H and O–H groups in total. The average Bonchev–Trinajstić information content (AvgIpc) is 2.60. The highest BCUT2D eigenvalue weighted by molar-refractivity contribution is 7.89. The fourth-order valence-electron chi connectivity index (χ4n) is 3.48. The van der Waals surface area contributed by atoms with E-state index < -0.39 is 32.3 Å². The van der Waals surface area contributed by atoms with Crippen molar-refractivity contribution in [2.24, 2.45) is 5.92 Å². The van der Waals surface area contributed by atoms with Crippen molar-refractivity contribution in [1.82, 2.24) is 10.0 Å². The van der Waals surface area contributed by atoms with Crippen LogP contribution in [-0.4, -0.2) is 37.1 Å². The van der Waals surface area contributed by atoms with Crippen molar-refractivity contribution in [3.05, 3.63) is 34.4 Å². The van der Waals surface area contributed by atoms with Crippen molar-refractivity contribution < 1.29 is 22.9 Å². The first-order valence-electron chi connectivity index (χ1n) is 9.64. The van der Waals surface area contributed by atoms with E-state index in [1.807, 2.05) is 0 Å². The molecule has 9 nitrogen and oxygen atoms in total. The molecule has 1 fully saturated rings. The van der Waals surface area contributed by atoms with Crippen LogP contribution in [0.4, 0.5) is 10.5 Å². The highest BCUT2D eigenvalue weighted by Crippen LogP contribution is 2.29. The Hall–Kier alpha value is -2.20. The summed E-state index contributed by atoms with van der Waals surface area (Å²) < 4.78 is 33.2. The SMILES string of the molecule is C[C@H](NS(=O)(=O)c1ccccc1[N+](=O)[O-])C1CCC(NC(=O)OC(C)(C)C)CC1. The van der Waals surface area contributed by atoms with Crippen molar-refractivity contribution in [3.8, 4) is 0 Å². The van der Waals surface area contributed by atoms with E-state index in [4.69, 9.17) is 4.74 Å². The Labute approximate surface area is 171 Å². The van der Waals surface area contributed by atoms with Crippen LogP contribution in [0.3, 0.4) is 0 Å². The number of ether oxygens (including phenoxy) is 1. The number of nitro benzene ring substituents is 1. The minimum atomic E-state index is -4.02. The first-order valence-corrected chi connectivity index (χ1v) is 11.1. The molecule has 1 aromatic carbocycles. The zero-order valence-electron chi connectivity index (χ0n) is 17.2. The van der Waals surface area contributed by atoms with Gasteiger partial charge >= 0.3 is 6.09 Å². The molecule has 1 aromatic rings. The second-order valence-electron chi connectivity index (χ2n) is 8.39. The van der Waals surface area contributed by atoms with Gasteiger partial charge in [0, 0.05) is 18.2 Å². The lowest BCUT2D eigenvalue weighted by molar-refractivity contribution is -0.387. The molecule has 0 unspecified atom stereocenters. The van der Waals surface area contributed by atoms with E-state index in [1.165, 1.54) is 24.3 Å². The maximum Gasteiger partial charge on any atom is 0.407 e. The molecule has 0 spiro atoms. The molecule has 1 atom stereocenters. The molecule has 0 bridgehead atoms. The highest BCUT2D eigenvalue weighted by Gasteiger charge is 2.32. The Bertz CT molecular complexity index is 842. The van der Waals surface area contributed by atoms with Crippen molar-refractivity contribution in [3.63, 3.8) is 0 Å². The zero-order chi connectivity index (χ0) is 21.8. The Morgan fingerprint density at radius 2 is 1.79 bits per heavy atom. The van der Waals surface area contributed by atoms with Gasteiger partial charge in [-0.2, -0.15) is 0 Å². The van der Waals surface area contributed by atoms with E-state index in [-0.39, 0.29) is 22.9 Å². The molecular formula is C19H29N3O6S. The number of carbonyl (C=O) groups excluding carboxylic acids is 1. The summed E-state index contributed by atoms with van der Waals surface area (Å²) in [6.45, 7) is 7.16. The number of para-hydroxylation sites is 1. The summed E-state index contributed by atoms with van der Waals surface area (Å²) in [6.07, 6.45) is 2.41. The fraction of sp³-hybridized carbons (Fsp3) is 0.632. The number of nitro groups is 1. The smallest absolute Gasteiger partial charge is 0.407 e. The van der Waals surface area contributed by atoms with Crippen LogP contribution in [0, 0.1) is 16.0 Å². The third-order valence-corrected chi connectivity index (χ3v) is 6.50. The number of amides is 1. The topological polar surface area (TPSA) is 128 Å². The van der Waals surface area contributed by atoms with Crippen LogP contribution in [0.25, 0.3) is 0 Å². The number of nitrogens with one attached hydrogen (secondary N) is 2. The van der Waals surface area contributed by atoms with Gasteiger partial charge in [-0.15, -0.1) is 0 Å². The summed E-state index contributed by atoms with van der Waals surface area (Å²) in [6, 6.07) is 4.89. The molecule has 2 rings (SSSR count). The van der Waals surface area contributed by atoms with Crippen LogP contribution in [0.2, 0.25) is 0 Å². The minimum absolute atomic E-state index is 0.0138. The van der Waals surface area contributed by atoms with Gasteiger partial charge in [-0.25, -0.2) is 17.9 Å². The molecule has 10 heteroatoms. The molecule has 1 amide bonds. The van der Waals surface area contributed by atoms with E-state index in [9.17, 15) is 23.3 Å². The Balaban J connectivity index is 1.94. The molecule has 1 aliphatic carbocycles. The van der Waals surface area contributed by atoms with Gasteiger partial charge in [0.15, 0.2) is 4.90 Å². The lowest BCUT2D eigenvalue weighted by Crippen LogP contribution is -2.44. The molecule has 162 valence electrons. The molecule has 0 aliphatic heterocycles. The molecule has 0 heterocycles. The molecular weight excluding hydrogens is 398 g/mol. The van der Waals surface area contributed by atoms with Gasteiger partial charge in [0.25, 0.3) is 5.69 Å². The summed E-state index contributed by atoms with van der Waals surface area (Å²) in [5, 5.41) is 14.0. The highest BCUT2D eigenvalue weighted by atomic mass is 32.2. The summed E-state index contributed by atoms with van der Waals surface area (Å²) in [4.78, 5) is 22.0. The third-order valence-electron chi connectivity index (χ3n) is 4.89. The van der Waals surface area contributed by atoms with Gasteiger partial charge in [-0.05, 0) is 65.4 Å². The first-order chi connectivity index (χ1) is 13.4. The monoisotopic (exact) mass is 427 g/mol. The second kappa shape index (κ2) is 9.08. The number of sulfonamides is 1. The van der Waals surface area contributed by atoms with Gasteiger partial charge in [0.1, 0.15) is 5.60 Å². The zero-order valence-corrected chi connectivity index (χ0v) is 18.0. The van der Waals surface area contributed by atoms with Crippen LogP contribution in [0.1, 0.15) is 53.4 Å². The maximum atomic E-state index is 12.7. The molecule has 0 radical (unpaired) electrons. The quantitative estimate of drug-likeness (QED) is 0.529. The van der Waals surface area contributed by atoms with Gasteiger partial charge in [0.05, 0.1) is 4.92 Å². The van der Waals surface area contributed by atoms with E-state index in [0.29, 0.717) is 12.8 Å².